The van der Waals surface area contributed by atoms with Crippen LogP contribution in [0.1, 0.15) is 11.3 Å². The fourth-order valence-electron chi connectivity index (χ4n) is 4.02. The molecule has 10 heteroatoms. The molecule has 0 radical (unpaired) electrons. The first-order valence-electron chi connectivity index (χ1n) is 9.80. The van der Waals surface area contributed by atoms with E-state index >= 15 is 0 Å². The van der Waals surface area contributed by atoms with Crippen molar-refractivity contribution in [3.05, 3.63) is 41.6 Å². The van der Waals surface area contributed by atoms with Gasteiger partial charge < -0.3 is 9.80 Å². The maximum Gasteiger partial charge on any atom is 0.213 e. The SMILES string of the molecule is CSc1nn2c(N3CCN(C)CC3)c3c(nc2c1S(=O)(=O)c1ccccc1)CSC3. The number of fused-ring (bicyclic) bond motifs is 2. The van der Waals surface area contributed by atoms with Crippen LogP contribution >= 0.6 is 23.5 Å². The van der Waals surface area contributed by atoms with E-state index in [9.17, 15) is 8.42 Å². The molecular formula is C20H23N5O2S3. The minimum atomic E-state index is -3.74. The van der Waals surface area contributed by atoms with Gasteiger partial charge in [-0.2, -0.15) is 21.4 Å². The molecule has 1 fully saturated rings. The van der Waals surface area contributed by atoms with Crippen molar-refractivity contribution >= 4 is 44.8 Å². The summed E-state index contributed by atoms with van der Waals surface area (Å²) in [5.74, 6) is 2.70. The summed E-state index contributed by atoms with van der Waals surface area (Å²) >= 11 is 3.17. The lowest BCUT2D eigenvalue weighted by Gasteiger charge is -2.34. The zero-order valence-corrected chi connectivity index (χ0v) is 19.4. The average Bonchev–Trinajstić information content (AvgIpc) is 3.37. The number of hydrogen-bond acceptors (Lipinski definition) is 8. The number of sulfone groups is 1. The lowest BCUT2D eigenvalue weighted by molar-refractivity contribution is 0.311. The molecule has 2 aliphatic heterocycles. The summed E-state index contributed by atoms with van der Waals surface area (Å²) in [6.45, 7) is 3.72. The first-order valence-corrected chi connectivity index (χ1v) is 13.7. The molecule has 0 saturated carbocycles. The van der Waals surface area contributed by atoms with E-state index in [1.807, 2.05) is 24.1 Å². The van der Waals surface area contributed by atoms with Crippen LogP contribution in [0.5, 0.6) is 0 Å². The molecule has 0 bridgehead atoms. The standard InChI is InChI=1S/C20H23N5O2S3/c1-23-8-10-24(11-9-23)20-15-12-29-13-16(15)21-18-17(19(28-2)22-25(18)20)30(26,27)14-6-4-3-5-7-14/h3-7H,8-13H2,1-2H3. The first-order chi connectivity index (χ1) is 14.5. The zero-order valence-electron chi connectivity index (χ0n) is 16.9. The van der Waals surface area contributed by atoms with Crippen LogP contribution in [0.4, 0.5) is 5.82 Å². The lowest BCUT2D eigenvalue weighted by atomic mass is 10.2. The fraction of sp³-hybridized carbons (Fsp3) is 0.400. The second kappa shape index (κ2) is 7.74. The summed E-state index contributed by atoms with van der Waals surface area (Å²) in [5, 5.41) is 5.27. The van der Waals surface area contributed by atoms with Crippen LogP contribution < -0.4 is 4.90 Å². The molecule has 0 amide bonds. The number of piperazine rings is 1. The van der Waals surface area contributed by atoms with Crippen molar-refractivity contribution in [3.63, 3.8) is 0 Å². The van der Waals surface area contributed by atoms with Crippen LogP contribution in [0.2, 0.25) is 0 Å². The fourth-order valence-corrected chi connectivity index (χ4v) is 7.47. The van der Waals surface area contributed by atoms with Gasteiger partial charge in [0, 0.05) is 43.2 Å². The van der Waals surface area contributed by atoms with Gasteiger partial charge in [-0.3, -0.25) is 0 Å². The second-order valence-electron chi connectivity index (χ2n) is 7.53. The third kappa shape index (κ3) is 3.21. The summed E-state index contributed by atoms with van der Waals surface area (Å²) in [6.07, 6.45) is 1.87. The molecule has 5 rings (SSSR count). The second-order valence-corrected chi connectivity index (χ2v) is 11.2. The smallest absolute Gasteiger partial charge is 0.213 e. The van der Waals surface area contributed by atoms with Crippen molar-refractivity contribution in [1.82, 2.24) is 19.5 Å². The van der Waals surface area contributed by atoms with Crippen LogP contribution in [0.25, 0.3) is 5.65 Å². The Morgan fingerprint density at radius 3 is 2.50 bits per heavy atom. The van der Waals surface area contributed by atoms with E-state index in [0.29, 0.717) is 10.7 Å². The van der Waals surface area contributed by atoms with Gasteiger partial charge in [-0.1, -0.05) is 18.2 Å². The molecule has 2 aliphatic rings. The van der Waals surface area contributed by atoms with Gasteiger partial charge in [-0.15, -0.1) is 11.8 Å². The average molecular weight is 462 g/mol. The molecule has 158 valence electrons. The zero-order chi connectivity index (χ0) is 20.9. The van der Waals surface area contributed by atoms with Crippen LogP contribution in [0.15, 0.2) is 45.1 Å². The third-order valence-electron chi connectivity index (χ3n) is 5.65. The quantitative estimate of drug-likeness (QED) is 0.550. The van der Waals surface area contributed by atoms with Crippen LogP contribution in [-0.2, 0) is 21.3 Å². The Morgan fingerprint density at radius 2 is 1.80 bits per heavy atom. The molecule has 30 heavy (non-hydrogen) atoms. The summed E-state index contributed by atoms with van der Waals surface area (Å²) in [5.41, 5.74) is 2.62. The van der Waals surface area contributed by atoms with Crippen molar-refractivity contribution in [3.8, 4) is 0 Å². The van der Waals surface area contributed by atoms with E-state index in [2.05, 4.69) is 16.8 Å². The molecule has 4 heterocycles. The minimum Gasteiger partial charge on any atom is -0.354 e. The number of rotatable bonds is 4. The van der Waals surface area contributed by atoms with E-state index in [1.54, 1.807) is 28.8 Å². The predicted octanol–water partition coefficient (Wildman–Crippen LogP) is 2.78. The van der Waals surface area contributed by atoms with E-state index in [1.165, 1.54) is 17.3 Å². The molecule has 0 aliphatic carbocycles. The lowest BCUT2D eigenvalue weighted by Crippen LogP contribution is -2.45. The topological polar surface area (TPSA) is 70.8 Å². The molecule has 0 spiro atoms. The molecule has 1 aromatic carbocycles. The van der Waals surface area contributed by atoms with Gasteiger partial charge in [0.15, 0.2) is 10.5 Å². The van der Waals surface area contributed by atoms with Gasteiger partial charge in [0.25, 0.3) is 0 Å². The molecular weight excluding hydrogens is 438 g/mol. The monoisotopic (exact) mass is 461 g/mol. The van der Waals surface area contributed by atoms with Crippen LogP contribution in [0, 0.1) is 0 Å². The number of likely N-dealkylation sites (N-methyl/N-ethyl adjacent to an activating group) is 1. The largest absolute Gasteiger partial charge is 0.354 e. The Balaban J connectivity index is 1.77. The van der Waals surface area contributed by atoms with Gasteiger partial charge in [-0.25, -0.2) is 13.4 Å². The van der Waals surface area contributed by atoms with Crippen molar-refractivity contribution in [1.29, 1.82) is 0 Å². The molecule has 2 aromatic heterocycles. The Hall–Kier alpha value is -1.75. The molecule has 3 aromatic rings. The number of aromatic nitrogens is 3. The third-order valence-corrected chi connectivity index (χ3v) is 9.23. The summed E-state index contributed by atoms with van der Waals surface area (Å²) in [6, 6.07) is 8.57. The highest BCUT2D eigenvalue weighted by Gasteiger charge is 2.33. The van der Waals surface area contributed by atoms with Crippen LogP contribution in [0.3, 0.4) is 0 Å². The van der Waals surface area contributed by atoms with E-state index in [4.69, 9.17) is 10.1 Å². The first kappa shape index (κ1) is 20.2. The van der Waals surface area contributed by atoms with Crippen molar-refractivity contribution < 1.29 is 8.42 Å². The number of nitrogens with zero attached hydrogens (tertiary/aromatic N) is 5. The molecule has 7 nitrogen and oxygen atoms in total. The van der Waals surface area contributed by atoms with Crippen molar-refractivity contribution in [2.24, 2.45) is 0 Å². The molecule has 0 N–H and O–H groups in total. The highest BCUT2D eigenvalue weighted by Crippen LogP contribution is 2.40. The number of hydrogen-bond donors (Lipinski definition) is 0. The van der Waals surface area contributed by atoms with Gasteiger partial charge in [0.05, 0.1) is 10.6 Å². The summed E-state index contributed by atoms with van der Waals surface area (Å²) in [7, 11) is -1.61. The normalized spacial score (nSPS) is 17.6. The number of thioether (sulfide) groups is 2. The highest BCUT2D eigenvalue weighted by atomic mass is 32.2. The maximum atomic E-state index is 13.6. The Bertz CT molecular complexity index is 1200. The van der Waals surface area contributed by atoms with Gasteiger partial charge in [-0.05, 0) is 25.4 Å². The maximum absolute atomic E-state index is 13.6. The Labute approximate surface area is 184 Å². The van der Waals surface area contributed by atoms with Crippen molar-refractivity contribution in [2.45, 2.75) is 26.3 Å². The number of benzene rings is 1. The van der Waals surface area contributed by atoms with Crippen LogP contribution in [-0.4, -0.2) is 67.4 Å². The minimum absolute atomic E-state index is 0.219. The number of anilines is 1. The predicted molar refractivity (Wildman–Crippen MR) is 121 cm³/mol. The molecule has 0 unspecified atom stereocenters. The summed E-state index contributed by atoms with van der Waals surface area (Å²) < 4.78 is 29.0. The van der Waals surface area contributed by atoms with Crippen molar-refractivity contribution in [2.75, 3.05) is 44.4 Å². The molecule has 1 saturated heterocycles. The summed E-state index contributed by atoms with van der Waals surface area (Å²) in [4.78, 5) is 9.98. The Morgan fingerprint density at radius 1 is 1.07 bits per heavy atom. The molecule has 0 atom stereocenters. The highest BCUT2D eigenvalue weighted by molar-refractivity contribution is 7.99. The van der Waals surface area contributed by atoms with Gasteiger partial charge in [0.1, 0.15) is 10.8 Å². The van der Waals surface area contributed by atoms with E-state index < -0.39 is 9.84 Å². The van der Waals surface area contributed by atoms with E-state index in [0.717, 1.165) is 49.2 Å². The van der Waals surface area contributed by atoms with E-state index in [-0.39, 0.29) is 9.79 Å². The van der Waals surface area contributed by atoms with Gasteiger partial charge in [0.2, 0.25) is 9.84 Å². The Kier molecular flexibility index (Phi) is 5.20. The van der Waals surface area contributed by atoms with Gasteiger partial charge >= 0.3 is 0 Å².